The molecule has 0 N–H and O–H groups in total. The summed E-state index contributed by atoms with van der Waals surface area (Å²) in [7, 11) is 0. The number of Topliss-reactive ketones (excluding diaryl/α,β-unsaturated/α-hetero) is 1. The lowest BCUT2D eigenvalue weighted by molar-refractivity contribution is -0.384. The molecule has 1 aromatic carbocycles. The lowest BCUT2D eigenvalue weighted by Gasteiger charge is -2.18. The van der Waals surface area contributed by atoms with Crippen molar-refractivity contribution in [3.05, 3.63) is 63.4 Å². The van der Waals surface area contributed by atoms with Gasteiger partial charge in [0.2, 0.25) is 5.78 Å². The highest BCUT2D eigenvalue weighted by Crippen LogP contribution is 2.24. The molecular formula is C20H19N3O4. The molecule has 0 saturated carbocycles. The number of allylic oxidation sites excluding steroid dienone is 1. The maximum absolute atomic E-state index is 12.5. The number of ketones is 1. The maximum atomic E-state index is 12.5. The molecule has 3 rings (SSSR count). The molecule has 0 bridgehead atoms. The van der Waals surface area contributed by atoms with Crippen molar-refractivity contribution in [2.45, 2.75) is 25.7 Å². The van der Waals surface area contributed by atoms with Crippen molar-refractivity contribution < 1.29 is 14.1 Å². The Morgan fingerprint density at radius 1 is 1.19 bits per heavy atom. The quantitative estimate of drug-likeness (QED) is 0.257. The number of anilines is 1. The summed E-state index contributed by atoms with van der Waals surface area (Å²) >= 11 is 0. The van der Waals surface area contributed by atoms with Crippen molar-refractivity contribution in [2.24, 2.45) is 0 Å². The van der Waals surface area contributed by atoms with E-state index in [4.69, 9.17) is 4.42 Å². The van der Waals surface area contributed by atoms with E-state index in [1.54, 1.807) is 6.07 Å². The first-order chi connectivity index (χ1) is 13.1. The van der Waals surface area contributed by atoms with Gasteiger partial charge in [-0.25, -0.2) is 0 Å². The van der Waals surface area contributed by atoms with Gasteiger partial charge in [-0.1, -0.05) is 25.0 Å². The van der Waals surface area contributed by atoms with E-state index in [9.17, 15) is 20.2 Å². The van der Waals surface area contributed by atoms with Crippen LogP contribution >= 0.6 is 0 Å². The highest BCUT2D eigenvalue weighted by atomic mass is 16.6. The Balaban J connectivity index is 1.82. The second-order valence-corrected chi connectivity index (χ2v) is 6.38. The van der Waals surface area contributed by atoms with Crippen LogP contribution in [0.5, 0.6) is 0 Å². The van der Waals surface area contributed by atoms with Crippen molar-refractivity contribution in [1.29, 1.82) is 5.26 Å². The molecule has 0 aliphatic carbocycles. The topological polar surface area (TPSA) is 100 Å². The molecule has 138 valence electrons. The van der Waals surface area contributed by atoms with Gasteiger partial charge in [0.05, 0.1) is 4.92 Å². The maximum Gasteiger partial charge on any atom is 0.270 e. The van der Waals surface area contributed by atoms with Gasteiger partial charge in [-0.3, -0.25) is 14.9 Å². The largest absolute Gasteiger partial charge is 0.441 e. The third-order valence-electron chi connectivity index (χ3n) is 4.50. The van der Waals surface area contributed by atoms with Crippen molar-refractivity contribution in [1.82, 2.24) is 0 Å². The number of non-ortho nitro benzene ring substituents is 1. The van der Waals surface area contributed by atoms with Gasteiger partial charge in [-0.05, 0) is 18.9 Å². The molecule has 0 unspecified atom stereocenters. The van der Waals surface area contributed by atoms with Crippen LogP contribution in [-0.4, -0.2) is 23.8 Å². The zero-order valence-corrected chi connectivity index (χ0v) is 14.8. The van der Waals surface area contributed by atoms with Crippen LogP contribution in [0.15, 0.2) is 46.4 Å². The Kier molecular flexibility index (Phi) is 5.67. The van der Waals surface area contributed by atoms with E-state index in [0.717, 1.165) is 37.9 Å². The first kappa shape index (κ1) is 18.4. The fraction of sp³-hybridized carbons (Fsp3) is 0.300. The van der Waals surface area contributed by atoms with Crippen LogP contribution in [0.1, 0.15) is 41.8 Å². The second kappa shape index (κ2) is 8.32. The van der Waals surface area contributed by atoms with Crippen LogP contribution in [-0.2, 0) is 0 Å². The number of benzene rings is 1. The van der Waals surface area contributed by atoms with Gasteiger partial charge >= 0.3 is 0 Å². The van der Waals surface area contributed by atoms with Gasteiger partial charge in [0.15, 0.2) is 5.88 Å². The van der Waals surface area contributed by atoms with Crippen molar-refractivity contribution in [2.75, 3.05) is 18.0 Å². The zero-order valence-electron chi connectivity index (χ0n) is 14.8. The Morgan fingerprint density at radius 2 is 1.93 bits per heavy atom. The Morgan fingerprint density at radius 3 is 2.59 bits per heavy atom. The molecule has 1 aromatic heterocycles. The highest BCUT2D eigenvalue weighted by molar-refractivity contribution is 6.14. The number of carbonyl (C=O) groups excluding carboxylic acids is 1. The molecule has 0 atom stereocenters. The van der Waals surface area contributed by atoms with Crippen LogP contribution in [0, 0.1) is 21.4 Å². The SMILES string of the molecule is N#C/C(=C\c1ccc(N2CCCCCC2)o1)C(=O)c1cccc([N+](=O)[O-])c1. The Labute approximate surface area is 156 Å². The van der Waals surface area contributed by atoms with Crippen LogP contribution in [0.25, 0.3) is 6.08 Å². The van der Waals surface area contributed by atoms with Crippen molar-refractivity contribution in [3.8, 4) is 6.07 Å². The molecule has 7 heteroatoms. The van der Waals surface area contributed by atoms with Crippen LogP contribution < -0.4 is 4.90 Å². The Hall–Kier alpha value is -3.40. The summed E-state index contributed by atoms with van der Waals surface area (Å²) in [6.07, 6.45) is 6.02. The highest BCUT2D eigenvalue weighted by Gasteiger charge is 2.17. The smallest absolute Gasteiger partial charge is 0.270 e. The van der Waals surface area contributed by atoms with Crippen LogP contribution in [0.4, 0.5) is 11.6 Å². The minimum absolute atomic E-state index is 0.0938. The summed E-state index contributed by atoms with van der Waals surface area (Å²) in [6, 6.07) is 10.8. The molecule has 0 amide bonds. The number of nitro benzene ring substituents is 1. The van der Waals surface area contributed by atoms with E-state index in [1.807, 2.05) is 12.1 Å². The van der Waals surface area contributed by atoms with E-state index in [1.165, 1.54) is 37.1 Å². The number of nitro groups is 1. The van der Waals surface area contributed by atoms with E-state index in [-0.39, 0.29) is 16.8 Å². The summed E-state index contributed by atoms with van der Waals surface area (Å²) in [5.74, 6) is 0.557. The lowest BCUT2D eigenvalue weighted by atomic mass is 10.0. The summed E-state index contributed by atoms with van der Waals surface area (Å²) in [5.41, 5.74) is -0.233. The average molecular weight is 365 g/mol. The van der Waals surface area contributed by atoms with Crippen LogP contribution in [0.2, 0.25) is 0 Å². The monoisotopic (exact) mass is 365 g/mol. The van der Waals surface area contributed by atoms with Crippen molar-refractivity contribution >= 4 is 23.4 Å². The normalized spacial score (nSPS) is 15.1. The van der Waals surface area contributed by atoms with Gasteiger partial charge in [0.25, 0.3) is 5.69 Å². The number of nitriles is 1. The number of hydrogen-bond acceptors (Lipinski definition) is 6. The molecule has 2 heterocycles. The molecule has 7 nitrogen and oxygen atoms in total. The minimum atomic E-state index is -0.577. The first-order valence-corrected chi connectivity index (χ1v) is 8.84. The van der Waals surface area contributed by atoms with E-state index in [2.05, 4.69) is 4.90 Å². The molecule has 1 saturated heterocycles. The summed E-state index contributed by atoms with van der Waals surface area (Å²) < 4.78 is 5.80. The van der Waals surface area contributed by atoms with Gasteiger partial charge < -0.3 is 9.32 Å². The number of carbonyl (C=O) groups is 1. The number of furan rings is 1. The third kappa shape index (κ3) is 4.42. The second-order valence-electron chi connectivity index (χ2n) is 6.38. The van der Waals surface area contributed by atoms with E-state index < -0.39 is 10.7 Å². The fourth-order valence-electron chi connectivity index (χ4n) is 3.09. The predicted octanol–water partition coefficient (Wildman–Crippen LogP) is 4.36. The third-order valence-corrected chi connectivity index (χ3v) is 4.50. The lowest BCUT2D eigenvalue weighted by Crippen LogP contribution is -2.23. The minimum Gasteiger partial charge on any atom is -0.441 e. The predicted molar refractivity (Wildman–Crippen MR) is 100 cm³/mol. The number of hydrogen-bond donors (Lipinski definition) is 0. The van der Waals surface area contributed by atoms with Gasteiger partial charge in [-0.15, -0.1) is 0 Å². The molecule has 27 heavy (non-hydrogen) atoms. The van der Waals surface area contributed by atoms with Crippen molar-refractivity contribution in [3.63, 3.8) is 0 Å². The standard InChI is InChI=1S/C20H19N3O4/c21-14-16(20(24)15-6-5-7-17(12-15)23(25)26)13-18-8-9-19(27-18)22-10-3-1-2-4-11-22/h5-9,12-13H,1-4,10-11H2/b16-13+. The summed E-state index contributed by atoms with van der Waals surface area (Å²) in [4.78, 5) is 25.0. The van der Waals surface area contributed by atoms with Gasteiger partial charge in [0, 0.05) is 42.9 Å². The molecule has 2 aromatic rings. The summed E-state index contributed by atoms with van der Waals surface area (Å²) in [5, 5.41) is 20.2. The fourth-order valence-corrected chi connectivity index (χ4v) is 3.09. The molecule has 0 spiro atoms. The zero-order chi connectivity index (χ0) is 19.2. The van der Waals surface area contributed by atoms with Crippen LogP contribution in [0.3, 0.4) is 0 Å². The first-order valence-electron chi connectivity index (χ1n) is 8.84. The number of rotatable bonds is 5. The molecule has 1 aliphatic rings. The molecule has 1 aliphatic heterocycles. The van der Waals surface area contributed by atoms with E-state index in [0.29, 0.717) is 5.76 Å². The molecular weight excluding hydrogens is 346 g/mol. The average Bonchev–Trinajstić information content (AvgIpc) is 2.98. The van der Waals surface area contributed by atoms with Gasteiger partial charge in [-0.2, -0.15) is 5.26 Å². The number of nitrogens with zero attached hydrogens (tertiary/aromatic N) is 3. The summed E-state index contributed by atoms with van der Waals surface area (Å²) in [6.45, 7) is 1.85. The molecule has 1 fully saturated rings. The molecule has 0 radical (unpaired) electrons. The van der Waals surface area contributed by atoms with Gasteiger partial charge in [0.1, 0.15) is 17.4 Å². The Bertz CT molecular complexity index is 915. The van der Waals surface area contributed by atoms with E-state index >= 15 is 0 Å².